The van der Waals surface area contributed by atoms with Gasteiger partial charge in [0, 0.05) is 95.7 Å². The number of ether oxygens (including phenoxy) is 8. The average Bonchev–Trinajstić information content (AvgIpc) is 1.58. The summed E-state index contributed by atoms with van der Waals surface area (Å²) in [6.45, 7) is 32.8. The fraction of sp³-hybridized carbons (Fsp3) is 0.962. The Labute approximate surface area is 781 Å². The molecule has 8 saturated heterocycles. The highest BCUT2D eigenvalue weighted by atomic mass is 16.6. The number of carbonyl (C=O) groups is 4. The van der Waals surface area contributed by atoms with Crippen LogP contribution in [0, 0.1) is 5.41 Å². The van der Waals surface area contributed by atoms with Crippen molar-refractivity contribution in [2.75, 3.05) is 79.0 Å². The van der Waals surface area contributed by atoms with E-state index < -0.39 is 119 Å². The lowest BCUT2D eigenvalue weighted by molar-refractivity contribution is -0.181. The van der Waals surface area contributed by atoms with Crippen LogP contribution in [0.1, 0.15) is 445 Å². The van der Waals surface area contributed by atoms with Gasteiger partial charge >= 0.3 is 0 Å². The molecule has 8 spiro atoms. The number of hydrogen-bond donors (Lipinski definition) is 8. The van der Waals surface area contributed by atoms with Crippen molar-refractivity contribution >= 4 is 23.6 Å². The van der Waals surface area contributed by atoms with Gasteiger partial charge in [0.15, 0.2) is 22.4 Å². The van der Waals surface area contributed by atoms with Gasteiger partial charge in [-0.2, -0.15) is 0 Å². The fourth-order valence-corrected chi connectivity index (χ4v) is 28.5. The van der Waals surface area contributed by atoms with Crippen LogP contribution < -0.4 is 21.3 Å². The quantitative estimate of drug-likeness (QED) is 0.0446. The molecule has 0 bridgehead atoms. The molecule has 4 atom stereocenters. The van der Waals surface area contributed by atoms with E-state index in [2.05, 4.69) is 132 Å². The van der Waals surface area contributed by atoms with Crippen LogP contribution in [0.4, 0.5) is 0 Å². The van der Waals surface area contributed by atoms with Crippen molar-refractivity contribution in [3.63, 3.8) is 0 Å². The number of carbonyl (C=O) groups excluding carboxylic acids is 4. The number of amides is 4. The molecule has 4 aliphatic carbocycles. The molecule has 129 heavy (non-hydrogen) atoms. The van der Waals surface area contributed by atoms with Crippen LogP contribution in [0.3, 0.4) is 0 Å². The maximum absolute atomic E-state index is 16.0. The van der Waals surface area contributed by atoms with Crippen LogP contribution in [0.15, 0.2) is 0 Å². The van der Waals surface area contributed by atoms with Crippen molar-refractivity contribution in [3.8, 4) is 0 Å². The Bertz CT molecular complexity index is 3010. The Morgan fingerprint density at radius 1 is 0.248 bits per heavy atom. The molecule has 744 valence electrons. The number of piperidine rings is 4. The minimum atomic E-state index is -1.34. The molecule has 4 saturated carbocycles. The standard InChI is InChI=1S/C105H188N8O16/c1-89(2)69-98(70-90(3,4)106-89)85(118)110(102(126-98)53-45-37-29-21-17-22-30-38-46-54-102)61-81(114)65-122-77-97(78-123-66-82(115)62-111-86(119)99(71-91(5,6)107-92(7,8)72-99)127-103(111)55-47-39-31-23-18-24-32-40-48-56-103,79-124-67-83(116)63-112-87(120)100(73-93(9,10)108-94(11,12)74-100)128-104(112)57-49-41-33-25-19-26-34-42-50-58-104)80-125-68-84(117)64-113-88(121)101(75-95(13,14)109-96(15,16)76-101)129-105(113)59-51-43-35-27-20-28-36-44-52-60-105/h81-84,106-109,114-117H,17-80H2,1-16H3. The van der Waals surface area contributed by atoms with Gasteiger partial charge in [-0.3, -0.25) is 19.2 Å². The maximum atomic E-state index is 16.0. The Kier molecular flexibility index (Phi) is 35.3. The molecular formula is C105H188N8O16. The van der Waals surface area contributed by atoms with Crippen LogP contribution >= 0.6 is 0 Å². The number of nitrogens with zero attached hydrogens (tertiary/aromatic N) is 4. The summed E-state index contributed by atoms with van der Waals surface area (Å²) in [7, 11) is 0. The average molecular weight is 1820 g/mol. The third-order valence-corrected chi connectivity index (χ3v) is 31.6. The van der Waals surface area contributed by atoms with Crippen molar-refractivity contribution < 1.29 is 77.5 Å². The maximum Gasteiger partial charge on any atom is 0.257 e. The van der Waals surface area contributed by atoms with Crippen molar-refractivity contribution in [2.45, 2.75) is 559 Å². The summed E-state index contributed by atoms with van der Waals surface area (Å²) < 4.78 is 58.6. The second-order valence-electron chi connectivity index (χ2n) is 49.7. The molecule has 8 heterocycles. The molecule has 24 nitrogen and oxygen atoms in total. The summed E-state index contributed by atoms with van der Waals surface area (Å²) in [6, 6.07) is 0. The molecule has 8 aliphatic heterocycles. The van der Waals surface area contributed by atoms with Gasteiger partial charge in [0.25, 0.3) is 23.6 Å². The monoisotopic (exact) mass is 1820 g/mol. The van der Waals surface area contributed by atoms with E-state index in [4.69, 9.17) is 37.9 Å². The van der Waals surface area contributed by atoms with Gasteiger partial charge in [0.05, 0.1) is 109 Å². The lowest BCUT2D eigenvalue weighted by Gasteiger charge is -2.50. The van der Waals surface area contributed by atoms with Crippen molar-refractivity contribution in [3.05, 3.63) is 0 Å². The molecule has 0 aromatic heterocycles. The van der Waals surface area contributed by atoms with Crippen molar-refractivity contribution in [2.24, 2.45) is 5.41 Å². The fourth-order valence-electron chi connectivity index (χ4n) is 28.5. The number of aliphatic hydroxyl groups excluding tert-OH is 4. The van der Waals surface area contributed by atoms with E-state index >= 15 is 19.2 Å². The Morgan fingerprint density at radius 2 is 0.380 bits per heavy atom. The second kappa shape index (κ2) is 43.3. The molecule has 24 heteroatoms. The topological polar surface area (TPSA) is 284 Å². The van der Waals surface area contributed by atoms with E-state index in [1.807, 2.05) is 19.6 Å². The predicted molar refractivity (Wildman–Crippen MR) is 508 cm³/mol. The normalized spacial score (nSPS) is 29.7. The SMILES string of the molecule is CC1(C)CC2(CC(C)(C)N1)OC1(CCCCCCCCCCC1)N(CC(O)COCC(COCC(O)CN1C(=O)C3(CC(C)(C)NC(C)(C)C3)OC13CCCCCCCCCCC3)(COCC(O)CN1C(=O)C3(CC(C)(C)NC(C)(C)C3)OC13CCCCCCCCCCC3)COCC(O)CN1C(=O)C3(CC(C)(C)NC(C)(C)C3)OC13CCCCCCCCCCC3)C2=O. The Balaban J connectivity index is 0.886. The number of hydrogen-bond acceptors (Lipinski definition) is 20. The Morgan fingerprint density at radius 3 is 0.519 bits per heavy atom. The summed E-state index contributed by atoms with van der Waals surface area (Å²) in [5, 5.41) is 67.2. The largest absolute Gasteiger partial charge is 0.389 e. The van der Waals surface area contributed by atoms with Gasteiger partial charge in [-0.1, -0.05) is 180 Å². The van der Waals surface area contributed by atoms with Crippen molar-refractivity contribution in [1.29, 1.82) is 0 Å². The predicted octanol–water partition coefficient (Wildman–Crippen LogP) is 17.6. The van der Waals surface area contributed by atoms with Crippen LogP contribution in [0.25, 0.3) is 0 Å². The minimum Gasteiger partial charge on any atom is -0.389 e. The first-order chi connectivity index (χ1) is 60.7. The zero-order chi connectivity index (χ0) is 93.2. The summed E-state index contributed by atoms with van der Waals surface area (Å²) in [5.74, 6) is -0.368. The second-order valence-corrected chi connectivity index (χ2v) is 49.7. The highest BCUT2D eigenvalue weighted by molar-refractivity contribution is 5.90. The van der Waals surface area contributed by atoms with E-state index in [0.29, 0.717) is 103 Å². The van der Waals surface area contributed by atoms with Gasteiger partial charge in [-0.05, 0) is 214 Å². The van der Waals surface area contributed by atoms with E-state index in [1.165, 1.54) is 77.0 Å². The molecule has 0 aromatic rings. The zero-order valence-corrected chi connectivity index (χ0v) is 84.5. The lowest BCUT2D eigenvalue weighted by Crippen LogP contribution is -2.65. The number of β-amino-alcohol motifs (C(OH)–C–C–N with tert-alkyl or cyclic N) is 4. The summed E-state index contributed by atoms with van der Waals surface area (Å²) >= 11 is 0. The van der Waals surface area contributed by atoms with Gasteiger partial charge < -0.3 is 99.2 Å². The summed E-state index contributed by atoms with van der Waals surface area (Å²) in [5.41, 5.74) is -13.1. The lowest BCUT2D eigenvalue weighted by atomic mass is 9.72. The molecule has 12 rings (SSSR count). The number of rotatable bonds is 24. The van der Waals surface area contributed by atoms with Crippen LogP contribution in [-0.2, 0) is 57.1 Å². The molecule has 12 aliphatic rings. The molecular weight excluding hydrogens is 1630 g/mol. The van der Waals surface area contributed by atoms with Crippen LogP contribution in [0.2, 0.25) is 0 Å². The zero-order valence-electron chi connectivity index (χ0n) is 84.5. The van der Waals surface area contributed by atoms with Gasteiger partial charge in [-0.25, -0.2) is 0 Å². The summed E-state index contributed by atoms with van der Waals surface area (Å²) in [4.78, 5) is 71.6. The Hall–Kier alpha value is -2.76. The molecule has 8 N–H and O–H groups in total. The first-order valence-corrected chi connectivity index (χ1v) is 53.0. The smallest absolute Gasteiger partial charge is 0.257 e. The van der Waals surface area contributed by atoms with Crippen LogP contribution in [-0.4, -0.2) is 257 Å². The van der Waals surface area contributed by atoms with Crippen LogP contribution in [0.5, 0.6) is 0 Å². The molecule has 0 radical (unpaired) electrons. The number of nitrogens with one attached hydrogen (secondary N) is 4. The van der Waals surface area contributed by atoms with E-state index in [1.54, 1.807) is 0 Å². The molecule has 4 amide bonds. The van der Waals surface area contributed by atoms with Gasteiger partial charge in [-0.15, -0.1) is 0 Å². The van der Waals surface area contributed by atoms with Crippen molar-refractivity contribution in [1.82, 2.24) is 40.9 Å². The highest BCUT2D eigenvalue weighted by Gasteiger charge is 2.70. The van der Waals surface area contributed by atoms with E-state index in [-0.39, 0.29) is 103 Å². The minimum absolute atomic E-state index is 0.0381. The van der Waals surface area contributed by atoms with Gasteiger partial charge in [0.2, 0.25) is 0 Å². The third kappa shape index (κ3) is 27.0. The van der Waals surface area contributed by atoms with E-state index in [9.17, 15) is 20.4 Å². The molecule has 12 fully saturated rings. The first kappa shape index (κ1) is 105. The molecule has 0 aromatic carbocycles. The van der Waals surface area contributed by atoms with E-state index in [0.717, 1.165) is 154 Å². The van der Waals surface area contributed by atoms with Gasteiger partial charge in [0.1, 0.15) is 22.9 Å². The first-order valence-electron chi connectivity index (χ1n) is 53.0. The molecule has 4 unspecified atom stereocenters. The number of aliphatic hydroxyl groups is 4. The summed E-state index contributed by atoms with van der Waals surface area (Å²) in [6.07, 6.45) is 42.7. The third-order valence-electron chi connectivity index (χ3n) is 31.6. The highest BCUT2D eigenvalue weighted by Crippen LogP contribution is 2.57.